The molecular formula is C9H8N2O2. The quantitative estimate of drug-likeness (QED) is 0.699. The van der Waals surface area contributed by atoms with Gasteiger partial charge in [-0.3, -0.25) is 4.98 Å². The van der Waals surface area contributed by atoms with Gasteiger partial charge < -0.3 is 9.15 Å². The summed E-state index contributed by atoms with van der Waals surface area (Å²) in [5.74, 6) is 1.17. The van der Waals surface area contributed by atoms with Gasteiger partial charge in [0.25, 0.3) is 0 Å². The predicted molar refractivity (Wildman–Crippen MR) is 46.3 cm³/mol. The molecule has 0 atom stereocenters. The van der Waals surface area contributed by atoms with E-state index in [9.17, 15) is 0 Å². The van der Waals surface area contributed by atoms with Crippen molar-refractivity contribution in [2.75, 3.05) is 7.11 Å². The van der Waals surface area contributed by atoms with Crippen LogP contribution >= 0.6 is 0 Å². The van der Waals surface area contributed by atoms with Crippen molar-refractivity contribution in [2.24, 2.45) is 0 Å². The summed E-state index contributed by atoms with van der Waals surface area (Å²) < 4.78 is 10.1. The van der Waals surface area contributed by atoms with Crippen LogP contribution in [0.3, 0.4) is 0 Å². The molecule has 0 N–H and O–H groups in total. The summed E-state index contributed by atoms with van der Waals surface area (Å²) >= 11 is 0. The highest BCUT2D eigenvalue weighted by molar-refractivity contribution is 5.50. The molecule has 2 aromatic heterocycles. The highest BCUT2D eigenvalue weighted by Crippen LogP contribution is 2.17. The third-order valence-corrected chi connectivity index (χ3v) is 1.60. The van der Waals surface area contributed by atoms with Crippen molar-refractivity contribution in [1.82, 2.24) is 9.97 Å². The Morgan fingerprint density at radius 1 is 1.38 bits per heavy atom. The molecule has 0 saturated carbocycles. The molecule has 0 aliphatic carbocycles. The van der Waals surface area contributed by atoms with Gasteiger partial charge in [0.05, 0.1) is 25.8 Å². The predicted octanol–water partition coefficient (Wildman–Crippen LogP) is 1.75. The van der Waals surface area contributed by atoms with Crippen LogP contribution in [0.25, 0.3) is 11.5 Å². The zero-order valence-electron chi connectivity index (χ0n) is 7.10. The second kappa shape index (κ2) is 3.26. The second-order valence-corrected chi connectivity index (χ2v) is 2.42. The SMILES string of the molecule is COc1cncc(-c2ccco2)n1. The molecule has 0 saturated heterocycles. The maximum atomic E-state index is 5.16. The van der Waals surface area contributed by atoms with Crippen LogP contribution in [0.15, 0.2) is 35.2 Å². The summed E-state index contributed by atoms with van der Waals surface area (Å²) in [7, 11) is 1.55. The minimum absolute atomic E-state index is 0.480. The van der Waals surface area contributed by atoms with Gasteiger partial charge in [0.2, 0.25) is 5.88 Å². The highest BCUT2D eigenvalue weighted by atomic mass is 16.5. The number of nitrogens with zero attached hydrogens (tertiary/aromatic N) is 2. The first-order chi connectivity index (χ1) is 6.40. The fraction of sp³-hybridized carbons (Fsp3) is 0.111. The van der Waals surface area contributed by atoms with Gasteiger partial charge in [0.15, 0.2) is 5.76 Å². The molecule has 0 unspecified atom stereocenters. The Morgan fingerprint density at radius 3 is 3.00 bits per heavy atom. The molecule has 0 bridgehead atoms. The Hall–Kier alpha value is -1.84. The first kappa shape index (κ1) is 7.79. The van der Waals surface area contributed by atoms with E-state index in [1.165, 1.54) is 0 Å². The zero-order chi connectivity index (χ0) is 9.10. The topological polar surface area (TPSA) is 48.2 Å². The first-order valence-electron chi connectivity index (χ1n) is 3.80. The molecule has 4 nitrogen and oxygen atoms in total. The molecule has 66 valence electrons. The Kier molecular flexibility index (Phi) is 1.96. The van der Waals surface area contributed by atoms with Gasteiger partial charge in [0, 0.05) is 0 Å². The molecule has 0 fully saturated rings. The molecule has 0 aromatic carbocycles. The molecule has 0 aliphatic rings. The monoisotopic (exact) mass is 176 g/mol. The Morgan fingerprint density at radius 2 is 2.31 bits per heavy atom. The van der Waals surface area contributed by atoms with Gasteiger partial charge in [-0.15, -0.1) is 0 Å². The third-order valence-electron chi connectivity index (χ3n) is 1.60. The van der Waals surface area contributed by atoms with Gasteiger partial charge >= 0.3 is 0 Å². The lowest BCUT2D eigenvalue weighted by Crippen LogP contribution is -1.90. The van der Waals surface area contributed by atoms with Crippen molar-refractivity contribution in [1.29, 1.82) is 0 Å². The fourth-order valence-electron chi connectivity index (χ4n) is 0.989. The first-order valence-corrected chi connectivity index (χ1v) is 3.80. The van der Waals surface area contributed by atoms with E-state index in [1.54, 1.807) is 31.8 Å². The molecule has 0 aliphatic heterocycles. The van der Waals surface area contributed by atoms with Crippen LogP contribution < -0.4 is 4.74 Å². The minimum Gasteiger partial charge on any atom is -0.480 e. The third kappa shape index (κ3) is 1.51. The number of methoxy groups -OCH3 is 1. The molecule has 0 amide bonds. The molecule has 13 heavy (non-hydrogen) atoms. The van der Waals surface area contributed by atoms with Crippen LogP contribution in [0.1, 0.15) is 0 Å². The summed E-state index contributed by atoms with van der Waals surface area (Å²) in [4.78, 5) is 8.12. The number of ether oxygens (including phenoxy) is 1. The number of hydrogen-bond acceptors (Lipinski definition) is 4. The van der Waals surface area contributed by atoms with E-state index in [1.807, 2.05) is 6.07 Å². The van der Waals surface area contributed by atoms with Crippen molar-refractivity contribution in [2.45, 2.75) is 0 Å². The van der Waals surface area contributed by atoms with Gasteiger partial charge in [-0.05, 0) is 12.1 Å². The summed E-state index contributed by atoms with van der Waals surface area (Å²) in [6, 6.07) is 3.62. The van der Waals surface area contributed by atoms with Gasteiger partial charge in [-0.1, -0.05) is 0 Å². The summed E-state index contributed by atoms with van der Waals surface area (Å²) in [5.41, 5.74) is 0.671. The lowest BCUT2D eigenvalue weighted by molar-refractivity contribution is 0.395. The normalized spacial score (nSPS) is 9.92. The Bertz CT molecular complexity index is 384. The van der Waals surface area contributed by atoms with Crippen molar-refractivity contribution in [3.05, 3.63) is 30.8 Å². The molecule has 0 radical (unpaired) electrons. The largest absolute Gasteiger partial charge is 0.480 e. The van der Waals surface area contributed by atoms with Crippen LogP contribution in [-0.2, 0) is 0 Å². The Balaban J connectivity index is 2.41. The standard InChI is InChI=1S/C9H8N2O2/c1-12-9-6-10-5-7(11-9)8-3-2-4-13-8/h2-6H,1H3. The van der Waals surface area contributed by atoms with E-state index in [0.717, 1.165) is 0 Å². The minimum atomic E-state index is 0.480. The average molecular weight is 176 g/mol. The van der Waals surface area contributed by atoms with E-state index >= 15 is 0 Å². The fourth-order valence-corrected chi connectivity index (χ4v) is 0.989. The molecule has 2 heterocycles. The van der Waals surface area contributed by atoms with Crippen molar-refractivity contribution < 1.29 is 9.15 Å². The molecule has 4 heteroatoms. The lowest BCUT2D eigenvalue weighted by Gasteiger charge is -1.98. The molecule has 2 rings (SSSR count). The van der Waals surface area contributed by atoms with Crippen LogP contribution in [0.5, 0.6) is 5.88 Å². The van der Waals surface area contributed by atoms with Crippen molar-refractivity contribution >= 4 is 0 Å². The highest BCUT2D eigenvalue weighted by Gasteiger charge is 2.03. The van der Waals surface area contributed by atoms with Crippen LogP contribution in [0.4, 0.5) is 0 Å². The van der Waals surface area contributed by atoms with E-state index in [2.05, 4.69) is 9.97 Å². The zero-order valence-corrected chi connectivity index (χ0v) is 7.10. The number of aromatic nitrogens is 2. The molecule has 2 aromatic rings. The van der Waals surface area contributed by atoms with E-state index in [0.29, 0.717) is 17.3 Å². The van der Waals surface area contributed by atoms with Crippen molar-refractivity contribution in [3.63, 3.8) is 0 Å². The maximum Gasteiger partial charge on any atom is 0.232 e. The smallest absolute Gasteiger partial charge is 0.232 e. The van der Waals surface area contributed by atoms with E-state index in [4.69, 9.17) is 9.15 Å². The van der Waals surface area contributed by atoms with Gasteiger partial charge in [-0.2, -0.15) is 0 Å². The van der Waals surface area contributed by atoms with Gasteiger partial charge in [0.1, 0.15) is 5.69 Å². The lowest BCUT2D eigenvalue weighted by atomic mass is 10.3. The van der Waals surface area contributed by atoms with E-state index < -0.39 is 0 Å². The number of furan rings is 1. The summed E-state index contributed by atoms with van der Waals surface area (Å²) in [6.45, 7) is 0. The maximum absolute atomic E-state index is 5.16. The molecule has 0 spiro atoms. The number of hydrogen-bond donors (Lipinski definition) is 0. The van der Waals surface area contributed by atoms with Crippen molar-refractivity contribution in [3.8, 4) is 17.3 Å². The van der Waals surface area contributed by atoms with Crippen LogP contribution in [-0.4, -0.2) is 17.1 Å². The molecular weight excluding hydrogens is 168 g/mol. The van der Waals surface area contributed by atoms with E-state index in [-0.39, 0.29) is 0 Å². The second-order valence-electron chi connectivity index (χ2n) is 2.42. The Labute approximate surface area is 75.2 Å². The van der Waals surface area contributed by atoms with Crippen LogP contribution in [0.2, 0.25) is 0 Å². The van der Waals surface area contributed by atoms with Crippen LogP contribution in [0, 0.1) is 0 Å². The average Bonchev–Trinajstić information content (AvgIpc) is 2.71. The summed E-state index contributed by atoms with van der Waals surface area (Å²) in [6.07, 6.45) is 4.77. The number of rotatable bonds is 2. The van der Waals surface area contributed by atoms with Gasteiger partial charge in [-0.25, -0.2) is 4.98 Å². The summed E-state index contributed by atoms with van der Waals surface area (Å²) in [5, 5.41) is 0.